The van der Waals surface area contributed by atoms with Gasteiger partial charge in [-0.2, -0.15) is 0 Å². The van der Waals surface area contributed by atoms with Gasteiger partial charge in [-0.15, -0.1) is 0 Å². The predicted octanol–water partition coefficient (Wildman–Crippen LogP) is 0.111. The van der Waals surface area contributed by atoms with Gasteiger partial charge in [0.25, 0.3) is 0 Å². The number of rotatable bonds is 4. The summed E-state index contributed by atoms with van der Waals surface area (Å²) >= 11 is 0. The molecular formula is C6H8LiO4. The molecule has 2 N–H and O–H groups in total. The van der Waals surface area contributed by atoms with Gasteiger partial charge in [-0.3, -0.25) is 4.79 Å². The number of carboxylic acids is 2. The zero-order chi connectivity index (χ0) is 8.15. The number of carbonyl (C=O) groups is 2. The maximum absolute atomic E-state index is 10.0. The van der Waals surface area contributed by atoms with Gasteiger partial charge in [0.2, 0.25) is 0 Å². The van der Waals surface area contributed by atoms with Crippen molar-refractivity contribution >= 4 is 30.8 Å². The Kier molecular flexibility index (Phi) is 7.06. The summed E-state index contributed by atoms with van der Waals surface area (Å²) in [6.07, 6.45) is -0.171. The van der Waals surface area contributed by atoms with Gasteiger partial charge < -0.3 is 10.2 Å². The van der Waals surface area contributed by atoms with Crippen molar-refractivity contribution in [3.8, 4) is 0 Å². The first-order valence-corrected chi connectivity index (χ1v) is 2.67. The third-order valence-corrected chi connectivity index (χ3v) is 0.943. The molecule has 0 rings (SSSR count). The molecule has 0 saturated heterocycles. The van der Waals surface area contributed by atoms with Crippen LogP contribution in [-0.4, -0.2) is 41.0 Å². The van der Waals surface area contributed by atoms with Gasteiger partial charge in [0, 0.05) is 30.9 Å². The first kappa shape index (κ1) is 12.9. The summed E-state index contributed by atoms with van der Waals surface area (Å²) in [5, 5.41) is 16.3. The van der Waals surface area contributed by atoms with Gasteiger partial charge in [0.15, 0.2) is 0 Å². The maximum atomic E-state index is 10.0. The SMILES string of the molecule is C=C(CCC(=O)O)C(=O)O.[Li]. The third-order valence-electron chi connectivity index (χ3n) is 0.943. The summed E-state index contributed by atoms with van der Waals surface area (Å²) in [5.74, 6) is -2.15. The fraction of sp³-hybridized carbons (Fsp3) is 0.333. The molecule has 0 aromatic rings. The van der Waals surface area contributed by atoms with E-state index < -0.39 is 11.9 Å². The van der Waals surface area contributed by atoms with Gasteiger partial charge in [-0.1, -0.05) is 6.58 Å². The summed E-state index contributed by atoms with van der Waals surface area (Å²) in [7, 11) is 0. The molecule has 0 bridgehead atoms. The van der Waals surface area contributed by atoms with E-state index >= 15 is 0 Å². The summed E-state index contributed by atoms with van der Waals surface area (Å²) < 4.78 is 0. The van der Waals surface area contributed by atoms with Crippen LogP contribution in [0.4, 0.5) is 0 Å². The maximum Gasteiger partial charge on any atom is 0.330 e. The normalized spacial score (nSPS) is 8.00. The molecule has 0 unspecified atom stereocenters. The summed E-state index contributed by atoms with van der Waals surface area (Å²) in [4.78, 5) is 19.9. The van der Waals surface area contributed by atoms with Crippen molar-refractivity contribution in [1.82, 2.24) is 0 Å². The van der Waals surface area contributed by atoms with Crippen molar-refractivity contribution in [3.05, 3.63) is 12.2 Å². The molecule has 0 aromatic carbocycles. The van der Waals surface area contributed by atoms with Gasteiger partial charge in [-0.05, 0) is 6.42 Å². The van der Waals surface area contributed by atoms with Crippen molar-refractivity contribution in [2.24, 2.45) is 0 Å². The van der Waals surface area contributed by atoms with Crippen LogP contribution in [0.25, 0.3) is 0 Å². The number of hydrogen-bond acceptors (Lipinski definition) is 2. The molecule has 0 aromatic heterocycles. The second-order valence-electron chi connectivity index (χ2n) is 1.80. The van der Waals surface area contributed by atoms with E-state index in [1.165, 1.54) is 0 Å². The molecule has 0 aliphatic carbocycles. The minimum Gasteiger partial charge on any atom is -0.481 e. The van der Waals surface area contributed by atoms with E-state index in [4.69, 9.17) is 10.2 Å². The van der Waals surface area contributed by atoms with Crippen molar-refractivity contribution in [1.29, 1.82) is 0 Å². The Morgan fingerprint density at radius 3 is 1.91 bits per heavy atom. The zero-order valence-electron chi connectivity index (χ0n) is 6.33. The van der Waals surface area contributed by atoms with E-state index in [9.17, 15) is 9.59 Å². The molecule has 0 atom stereocenters. The fourth-order valence-electron chi connectivity index (χ4n) is 0.365. The number of aliphatic carboxylic acids is 2. The van der Waals surface area contributed by atoms with E-state index in [0.717, 1.165) is 0 Å². The van der Waals surface area contributed by atoms with Gasteiger partial charge in [0.05, 0.1) is 0 Å². The molecule has 0 saturated carbocycles. The topological polar surface area (TPSA) is 74.6 Å². The van der Waals surface area contributed by atoms with Crippen LogP contribution in [0.5, 0.6) is 0 Å². The molecule has 1 radical (unpaired) electrons. The van der Waals surface area contributed by atoms with Crippen molar-refractivity contribution < 1.29 is 19.8 Å². The van der Waals surface area contributed by atoms with E-state index in [2.05, 4.69) is 6.58 Å². The summed E-state index contributed by atoms with van der Waals surface area (Å²) in [6, 6.07) is 0. The van der Waals surface area contributed by atoms with Crippen molar-refractivity contribution in [2.75, 3.05) is 0 Å². The van der Waals surface area contributed by atoms with E-state index in [0.29, 0.717) is 0 Å². The Balaban J connectivity index is 0. The Bertz CT molecular complexity index is 175. The molecule has 0 fully saturated rings. The molecule has 0 spiro atoms. The molecule has 5 heteroatoms. The van der Waals surface area contributed by atoms with E-state index in [-0.39, 0.29) is 37.3 Å². The standard InChI is InChI=1S/C6H8O4.Li/c1-4(6(9)10)2-3-5(7)8;/h1-3H2,(H,7,8)(H,9,10);. The first-order chi connectivity index (χ1) is 4.54. The predicted molar refractivity (Wildman–Crippen MR) is 39.4 cm³/mol. The summed E-state index contributed by atoms with van der Waals surface area (Å²) in [5.41, 5.74) is -0.0672. The van der Waals surface area contributed by atoms with Crippen LogP contribution >= 0.6 is 0 Å². The van der Waals surface area contributed by atoms with Crippen LogP contribution < -0.4 is 0 Å². The second kappa shape index (κ2) is 6.02. The average molecular weight is 151 g/mol. The molecular weight excluding hydrogens is 143 g/mol. The fourth-order valence-corrected chi connectivity index (χ4v) is 0.365. The first-order valence-electron chi connectivity index (χ1n) is 2.67. The Morgan fingerprint density at radius 1 is 1.18 bits per heavy atom. The molecule has 0 amide bonds. The third kappa shape index (κ3) is 7.17. The monoisotopic (exact) mass is 151 g/mol. The van der Waals surface area contributed by atoms with Crippen molar-refractivity contribution in [3.63, 3.8) is 0 Å². The van der Waals surface area contributed by atoms with Crippen LogP contribution in [0.3, 0.4) is 0 Å². The second-order valence-corrected chi connectivity index (χ2v) is 1.80. The van der Waals surface area contributed by atoms with Gasteiger partial charge in [-0.25, -0.2) is 4.79 Å². The largest absolute Gasteiger partial charge is 0.481 e. The van der Waals surface area contributed by atoms with Crippen LogP contribution in [0, 0.1) is 0 Å². The quantitative estimate of drug-likeness (QED) is 0.441. The minimum atomic E-state index is -1.14. The summed E-state index contributed by atoms with van der Waals surface area (Å²) in [6.45, 7) is 3.16. The number of carboxylic acid groups (broad SMARTS) is 2. The van der Waals surface area contributed by atoms with Crippen LogP contribution in [0.15, 0.2) is 12.2 Å². The van der Waals surface area contributed by atoms with E-state index in [1.54, 1.807) is 0 Å². The average Bonchev–Trinajstić information content (AvgIpc) is 1.82. The van der Waals surface area contributed by atoms with Crippen LogP contribution in [0.1, 0.15) is 12.8 Å². The van der Waals surface area contributed by atoms with Crippen LogP contribution in [0.2, 0.25) is 0 Å². The van der Waals surface area contributed by atoms with E-state index in [1.807, 2.05) is 0 Å². The van der Waals surface area contributed by atoms with Gasteiger partial charge in [0.1, 0.15) is 0 Å². The molecule has 0 aliphatic heterocycles. The Labute approximate surface area is 76.1 Å². The molecule has 0 heterocycles. The Morgan fingerprint density at radius 2 is 1.64 bits per heavy atom. The molecule has 4 nitrogen and oxygen atoms in total. The molecule has 0 aliphatic rings. The molecule has 11 heavy (non-hydrogen) atoms. The van der Waals surface area contributed by atoms with Gasteiger partial charge >= 0.3 is 11.9 Å². The minimum absolute atomic E-state index is 0. The van der Waals surface area contributed by atoms with Crippen molar-refractivity contribution in [2.45, 2.75) is 12.8 Å². The Hall–Kier alpha value is -0.723. The zero-order valence-corrected chi connectivity index (χ0v) is 6.33. The molecule has 57 valence electrons. The van der Waals surface area contributed by atoms with Crippen LogP contribution in [-0.2, 0) is 9.59 Å². The smallest absolute Gasteiger partial charge is 0.330 e. The number of hydrogen-bond donors (Lipinski definition) is 2.